The Labute approximate surface area is 101 Å². The lowest BCUT2D eigenvalue weighted by Crippen LogP contribution is -2.27. The number of para-hydroxylation sites is 2. The van der Waals surface area contributed by atoms with E-state index in [1.54, 1.807) is 24.3 Å². The summed E-state index contributed by atoms with van der Waals surface area (Å²) in [6.45, 7) is 0. The van der Waals surface area contributed by atoms with Crippen LogP contribution in [0.3, 0.4) is 0 Å². The van der Waals surface area contributed by atoms with Gasteiger partial charge in [0.05, 0.1) is 11.4 Å². The third-order valence-corrected chi connectivity index (χ3v) is 2.21. The Morgan fingerprint density at radius 2 is 1.89 bits per heavy atom. The molecule has 1 amide bonds. The smallest absolute Gasteiger partial charge is 0.326 e. The molecule has 7 heteroatoms. The van der Waals surface area contributed by atoms with E-state index in [0.717, 1.165) is 6.07 Å². The maximum atomic E-state index is 11.8. The molecule has 0 radical (unpaired) electrons. The van der Waals surface area contributed by atoms with Crippen molar-refractivity contribution in [1.29, 1.82) is 0 Å². The lowest BCUT2D eigenvalue weighted by atomic mass is 10.2. The quantitative estimate of drug-likeness (QED) is 0.553. The molecule has 0 aliphatic heterocycles. The fourth-order valence-electron chi connectivity index (χ4n) is 1.39. The molecule has 1 heterocycles. The van der Waals surface area contributed by atoms with Gasteiger partial charge in [-0.05, 0) is 12.1 Å². The highest BCUT2D eigenvalue weighted by Gasteiger charge is 2.09. The maximum absolute atomic E-state index is 11.8. The SMILES string of the molecule is Nc1ccccc1NC(=O)c1cc(=O)[nH]c(=O)[nH]1. The highest BCUT2D eigenvalue weighted by molar-refractivity contribution is 6.04. The number of anilines is 2. The van der Waals surface area contributed by atoms with Crippen molar-refractivity contribution in [3.8, 4) is 0 Å². The van der Waals surface area contributed by atoms with Gasteiger partial charge in [-0.15, -0.1) is 0 Å². The lowest BCUT2D eigenvalue weighted by molar-refractivity contribution is 0.102. The van der Waals surface area contributed by atoms with Crippen LogP contribution in [0.5, 0.6) is 0 Å². The standard InChI is InChI=1S/C11H10N4O3/c12-6-3-1-2-4-7(6)13-10(17)8-5-9(16)15-11(18)14-8/h1-5H,12H2,(H,13,17)(H2,14,15,16,18). The highest BCUT2D eigenvalue weighted by atomic mass is 16.2. The van der Waals surface area contributed by atoms with E-state index in [1.807, 2.05) is 4.98 Å². The van der Waals surface area contributed by atoms with Gasteiger partial charge < -0.3 is 16.0 Å². The minimum absolute atomic E-state index is 0.132. The number of H-pyrrole nitrogens is 2. The molecule has 0 unspecified atom stereocenters. The summed E-state index contributed by atoms with van der Waals surface area (Å²) in [6.07, 6.45) is 0. The number of nitrogens with two attached hydrogens (primary N) is 1. The summed E-state index contributed by atoms with van der Waals surface area (Å²) in [5, 5.41) is 2.49. The number of amides is 1. The van der Waals surface area contributed by atoms with Gasteiger partial charge in [0, 0.05) is 6.07 Å². The van der Waals surface area contributed by atoms with Crippen molar-refractivity contribution in [3.63, 3.8) is 0 Å². The Kier molecular flexibility index (Phi) is 2.96. The van der Waals surface area contributed by atoms with Gasteiger partial charge in [0.1, 0.15) is 5.69 Å². The third kappa shape index (κ3) is 2.46. The fraction of sp³-hybridized carbons (Fsp3) is 0. The molecule has 0 aliphatic carbocycles. The monoisotopic (exact) mass is 246 g/mol. The molecular weight excluding hydrogens is 236 g/mol. The van der Waals surface area contributed by atoms with Crippen LogP contribution < -0.4 is 22.3 Å². The number of carbonyl (C=O) groups excluding carboxylic acids is 1. The predicted molar refractivity (Wildman–Crippen MR) is 66.5 cm³/mol. The van der Waals surface area contributed by atoms with Gasteiger partial charge in [0.15, 0.2) is 0 Å². The minimum Gasteiger partial charge on any atom is -0.397 e. The van der Waals surface area contributed by atoms with E-state index >= 15 is 0 Å². The molecule has 2 rings (SSSR count). The number of carbonyl (C=O) groups is 1. The number of nitrogens with one attached hydrogen (secondary N) is 3. The van der Waals surface area contributed by atoms with Crippen LogP contribution in [-0.4, -0.2) is 15.9 Å². The molecule has 1 aromatic heterocycles. The van der Waals surface area contributed by atoms with Crippen molar-refractivity contribution in [2.45, 2.75) is 0 Å². The van der Waals surface area contributed by atoms with Crippen molar-refractivity contribution >= 4 is 17.3 Å². The van der Waals surface area contributed by atoms with Crippen molar-refractivity contribution in [2.75, 3.05) is 11.1 Å². The van der Waals surface area contributed by atoms with Gasteiger partial charge in [0.2, 0.25) is 0 Å². The van der Waals surface area contributed by atoms with Crippen LogP contribution in [0.2, 0.25) is 0 Å². The zero-order valence-corrected chi connectivity index (χ0v) is 9.19. The molecule has 5 N–H and O–H groups in total. The van der Waals surface area contributed by atoms with Gasteiger partial charge in [0.25, 0.3) is 11.5 Å². The maximum Gasteiger partial charge on any atom is 0.326 e. The largest absolute Gasteiger partial charge is 0.397 e. The number of benzene rings is 1. The first-order valence-electron chi connectivity index (χ1n) is 5.06. The summed E-state index contributed by atoms with van der Waals surface area (Å²) >= 11 is 0. The molecule has 0 atom stereocenters. The predicted octanol–water partition coefficient (Wildman–Crippen LogP) is -0.102. The van der Waals surface area contributed by atoms with E-state index in [-0.39, 0.29) is 5.69 Å². The van der Waals surface area contributed by atoms with Gasteiger partial charge in [-0.1, -0.05) is 12.1 Å². The average Bonchev–Trinajstić information content (AvgIpc) is 2.31. The molecule has 0 saturated carbocycles. The molecule has 0 aliphatic rings. The molecule has 7 nitrogen and oxygen atoms in total. The Hall–Kier alpha value is -2.83. The van der Waals surface area contributed by atoms with Gasteiger partial charge in [-0.2, -0.15) is 0 Å². The molecule has 18 heavy (non-hydrogen) atoms. The van der Waals surface area contributed by atoms with E-state index in [9.17, 15) is 14.4 Å². The second-order valence-corrected chi connectivity index (χ2v) is 3.54. The first-order chi connectivity index (χ1) is 8.56. The molecular formula is C11H10N4O3. The summed E-state index contributed by atoms with van der Waals surface area (Å²) in [5.74, 6) is -0.615. The van der Waals surface area contributed by atoms with Crippen LogP contribution in [-0.2, 0) is 0 Å². The Morgan fingerprint density at radius 3 is 2.56 bits per heavy atom. The van der Waals surface area contributed by atoms with Crippen LogP contribution in [0.4, 0.5) is 11.4 Å². The molecule has 1 aromatic carbocycles. The number of hydrogen-bond acceptors (Lipinski definition) is 4. The third-order valence-electron chi connectivity index (χ3n) is 2.21. The van der Waals surface area contributed by atoms with Gasteiger partial charge >= 0.3 is 5.69 Å². The number of rotatable bonds is 2. The number of aromatic amines is 2. The second kappa shape index (κ2) is 4.58. The first kappa shape index (κ1) is 11.6. The molecule has 0 spiro atoms. The van der Waals surface area contributed by atoms with Crippen molar-refractivity contribution in [2.24, 2.45) is 0 Å². The van der Waals surface area contributed by atoms with E-state index in [4.69, 9.17) is 5.73 Å². The summed E-state index contributed by atoms with van der Waals surface area (Å²) in [6, 6.07) is 7.65. The van der Waals surface area contributed by atoms with Crippen LogP contribution in [0.1, 0.15) is 10.5 Å². The highest BCUT2D eigenvalue weighted by Crippen LogP contribution is 2.16. The van der Waals surface area contributed by atoms with Crippen molar-refractivity contribution < 1.29 is 4.79 Å². The van der Waals surface area contributed by atoms with Crippen LogP contribution in [0.25, 0.3) is 0 Å². The van der Waals surface area contributed by atoms with E-state index in [1.165, 1.54) is 0 Å². The summed E-state index contributed by atoms with van der Waals surface area (Å²) < 4.78 is 0. The molecule has 0 saturated heterocycles. The van der Waals surface area contributed by atoms with E-state index in [0.29, 0.717) is 11.4 Å². The Balaban J connectivity index is 2.30. The molecule has 2 aromatic rings. The van der Waals surface area contributed by atoms with Crippen LogP contribution in [0, 0.1) is 0 Å². The number of nitrogen functional groups attached to an aromatic ring is 1. The number of aromatic nitrogens is 2. The zero-order valence-electron chi connectivity index (χ0n) is 9.19. The van der Waals surface area contributed by atoms with Gasteiger partial charge in [-0.25, -0.2) is 4.79 Å². The van der Waals surface area contributed by atoms with E-state index in [2.05, 4.69) is 10.3 Å². The Morgan fingerprint density at radius 1 is 1.17 bits per heavy atom. The number of hydrogen-bond donors (Lipinski definition) is 4. The van der Waals surface area contributed by atoms with Crippen molar-refractivity contribution in [3.05, 3.63) is 56.9 Å². The Bertz CT molecular complexity index is 673. The summed E-state index contributed by atoms with van der Waals surface area (Å²) in [4.78, 5) is 38.0. The normalized spacial score (nSPS) is 10.0. The zero-order chi connectivity index (χ0) is 13.1. The summed E-state index contributed by atoms with van der Waals surface area (Å²) in [7, 11) is 0. The summed E-state index contributed by atoms with van der Waals surface area (Å²) in [5.41, 5.74) is 4.92. The van der Waals surface area contributed by atoms with Crippen LogP contribution >= 0.6 is 0 Å². The molecule has 0 fully saturated rings. The minimum atomic E-state index is -0.742. The van der Waals surface area contributed by atoms with Crippen LogP contribution in [0.15, 0.2) is 39.9 Å². The topological polar surface area (TPSA) is 121 Å². The van der Waals surface area contributed by atoms with E-state index < -0.39 is 17.2 Å². The molecule has 0 bridgehead atoms. The van der Waals surface area contributed by atoms with Gasteiger partial charge in [-0.3, -0.25) is 14.6 Å². The first-order valence-corrected chi connectivity index (χ1v) is 5.06. The van der Waals surface area contributed by atoms with Crippen molar-refractivity contribution in [1.82, 2.24) is 9.97 Å². The average molecular weight is 246 g/mol. The lowest BCUT2D eigenvalue weighted by Gasteiger charge is -2.06. The molecule has 92 valence electrons. The second-order valence-electron chi connectivity index (χ2n) is 3.54. The fourth-order valence-corrected chi connectivity index (χ4v) is 1.39.